The number of sulfonamides is 1. The number of anilines is 1. The van der Waals surface area contributed by atoms with Crippen molar-refractivity contribution in [2.75, 3.05) is 4.72 Å². The molecule has 6 heteroatoms. The number of rotatable bonds is 3. The van der Waals surface area contributed by atoms with E-state index in [2.05, 4.69) is 0 Å². The lowest BCUT2D eigenvalue weighted by atomic mass is 10.2. The van der Waals surface area contributed by atoms with Gasteiger partial charge in [0.25, 0.3) is 10.0 Å². The van der Waals surface area contributed by atoms with Crippen LogP contribution in [-0.4, -0.2) is 8.42 Å². The number of nitrogens with one attached hydrogen (secondary N) is 1. The lowest BCUT2D eigenvalue weighted by Gasteiger charge is -2.09. The van der Waals surface area contributed by atoms with Gasteiger partial charge in [-0.1, -0.05) is 12.1 Å². The minimum Gasteiger partial charge on any atom is -0.277 e. The van der Waals surface area contributed by atoms with Crippen LogP contribution in [0.3, 0.4) is 0 Å². The Labute approximate surface area is 109 Å². The Hall–Kier alpha value is -1.95. The van der Waals surface area contributed by atoms with Crippen molar-refractivity contribution >= 4 is 15.7 Å². The predicted molar refractivity (Wildman–Crippen MR) is 68.3 cm³/mol. The normalized spacial score (nSPS) is 11.3. The van der Waals surface area contributed by atoms with Gasteiger partial charge in [0.2, 0.25) is 0 Å². The van der Waals surface area contributed by atoms with E-state index in [1.807, 2.05) is 4.72 Å². The highest BCUT2D eigenvalue weighted by Gasteiger charge is 2.16. The SMILES string of the molecule is Cc1cccc(S(=O)(=O)Nc2cc(F)ccc2F)c1. The summed E-state index contributed by atoms with van der Waals surface area (Å²) in [6.07, 6.45) is 0. The average Bonchev–Trinajstić information content (AvgIpc) is 2.33. The largest absolute Gasteiger partial charge is 0.277 e. The van der Waals surface area contributed by atoms with Crippen molar-refractivity contribution < 1.29 is 17.2 Å². The Kier molecular flexibility index (Phi) is 3.53. The zero-order chi connectivity index (χ0) is 14.0. The van der Waals surface area contributed by atoms with Gasteiger partial charge in [0, 0.05) is 6.07 Å². The lowest BCUT2D eigenvalue weighted by molar-refractivity contribution is 0.594. The van der Waals surface area contributed by atoms with Crippen molar-refractivity contribution in [3.05, 3.63) is 59.7 Å². The topological polar surface area (TPSA) is 46.2 Å². The Balaban J connectivity index is 2.39. The quantitative estimate of drug-likeness (QED) is 0.941. The molecule has 2 aromatic rings. The minimum atomic E-state index is -3.93. The summed E-state index contributed by atoms with van der Waals surface area (Å²) in [4.78, 5) is -0.00355. The molecule has 19 heavy (non-hydrogen) atoms. The fraction of sp³-hybridized carbons (Fsp3) is 0.0769. The third kappa shape index (κ3) is 3.08. The molecule has 0 aliphatic carbocycles. The van der Waals surface area contributed by atoms with E-state index in [-0.39, 0.29) is 4.90 Å². The second-order valence-electron chi connectivity index (χ2n) is 4.05. The summed E-state index contributed by atoms with van der Waals surface area (Å²) in [5.74, 6) is -1.55. The van der Waals surface area contributed by atoms with Gasteiger partial charge in [0.15, 0.2) is 0 Å². The highest BCUT2D eigenvalue weighted by molar-refractivity contribution is 7.92. The van der Waals surface area contributed by atoms with Gasteiger partial charge in [-0.05, 0) is 36.8 Å². The van der Waals surface area contributed by atoms with Crippen LogP contribution in [0.5, 0.6) is 0 Å². The number of aryl methyl sites for hydroxylation is 1. The van der Waals surface area contributed by atoms with Crippen LogP contribution in [0.2, 0.25) is 0 Å². The van der Waals surface area contributed by atoms with Gasteiger partial charge in [-0.25, -0.2) is 17.2 Å². The maximum atomic E-state index is 13.4. The molecule has 0 spiro atoms. The minimum absolute atomic E-state index is 0.00355. The summed E-state index contributed by atoms with van der Waals surface area (Å²) in [7, 11) is -3.93. The molecule has 0 saturated heterocycles. The fourth-order valence-corrected chi connectivity index (χ4v) is 2.72. The summed E-state index contributed by atoms with van der Waals surface area (Å²) in [5, 5.41) is 0. The number of benzene rings is 2. The van der Waals surface area contributed by atoms with Crippen molar-refractivity contribution in [2.45, 2.75) is 11.8 Å². The van der Waals surface area contributed by atoms with Crippen molar-refractivity contribution in [1.29, 1.82) is 0 Å². The van der Waals surface area contributed by atoms with E-state index in [0.717, 1.165) is 23.8 Å². The van der Waals surface area contributed by atoms with Gasteiger partial charge < -0.3 is 0 Å². The van der Waals surface area contributed by atoms with Crippen LogP contribution >= 0.6 is 0 Å². The highest BCUT2D eigenvalue weighted by Crippen LogP contribution is 2.20. The molecule has 2 aromatic carbocycles. The van der Waals surface area contributed by atoms with Crippen molar-refractivity contribution in [1.82, 2.24) is 0 Å². The van der Waals surface area contributed by atoms with E-state index in [1.54, 1.807) is 19.1 Å². The Bertz CT molecular complexity index is 714. The van der Waals surface area contributed by atoms with Crippen LogP contribution in [-0.2, 0) is 10.0 Å². The molecule has 3 nitrogen and oxygen atoms in total. The monoisotopic (exact) mass is 283 g/mol. The van der Waals surface area contributed by atoms with E-state index < -0.39 is 27.3 Å². The number of hydrogen-bond acceptors (Lipinski definition) is 2. The lowest BCUT2D eigenvalue weighted by Crippen LogP contribution is -2.14. The van der Waals surface area contributed by atoms with Gasteiger partial charge in [-0.15, -0.1) is 0 Å². The maximum absolute atomic E-state index is 13.4. The number of hydrogen-bond donors (Lipinski definition) is 1. The molecule has 0 aliphatic heterocycles. The Morgan fingerprint density at radius 1 is 1.05 bits per heavy atom. The highest BCUT2D eigenvalue weighted by atomic mass is 32.2. The Morgan fingerprint density at radius 2 is 1.79 bits per heavy atom. The Morgan fingerprint density at radius 3 is 2.47 bits per heavy atom. The first-order valence-corrected chi connectivity index (χ1v) is 6.91. The average molecular weight is 283 g/mol. The van der Waals surface area contributed by atoms with E-state index in [4.69, 9.17) is 0 Å². The van der Waals surface area contributed by atoms with E-state index in [1.165, 1.54) is 12.1 Å². The zero-order valence-corrected chi connectivity index (χ0v) is 10.8. The fourth-order valence-electron chi connectivity index (χ4n) is 1.56. The van der Waals surface area contributed by atoms with E-state index in [0.29, 0.717) is 0 Å². The van der Waals surface area contributed by atoms with Gasteiger partial charge in [0.1, 0.15) is 11.6 Å². The molecule has 0 bridgehead atoms. The van der Waals surface area contributed by atoms with Crippen LogP contribution in [0, 0.1) is 18.6 Å². The van der Waals surface area contributed by atoms with Crippen molar-refractivity contribution in [3.8, 4) is 0 Å². The van der Waals surface area contributed by atoms with Gasteiger partial charge in [0.05, 0.1) is 10.6 Å². The molecule has 0 aromatic heterocycles. The molecule has 100 valence electrons. The van der Waals surface area contributed by atoms with Crippen LogP contribution in [0.25, 0.3) is 0 Å². The summed E-state index contributed by atoms with van der Waals surface area (Å²) in [5.41, 5.74) is 0.337. The van der Waals surface area contributed by atoms with Gasteiger partial charge in [-0.2, -0.15) is 0 Å². The van der Waals surface area contributed by atoms with Crippen LogP contribution < -0.4 is 4.72 Å². The van der Waals surface area contributed by atoms with Crippen LogP contribution in [0.4, 0.5) is 14.5 Å². The van der Waals surface area contributed by atoms with Crippen LogP contribution in [0.15, 0.2) is 47.4 Å². The molecule has 0 amide bonds. The van der Waals surface area contributed by atoms with E-state index in [9.17, 15) is 17.2 Å². The first kappa shape index (κ1) is 13.5. The summed E-state index contributed by atoms with van der Waals surface area (Å²) < 4.78 is 52.5. The molecule has 0 radical (unpaired) electrons. The summed E-state index contributed by atoms with van der Waals surface area (Å²) in [6.45, 7) is 1.74. The maximum Gasteiger partial charge on any atom is 0.261 e. The second-order valence-corrected chi connectivity index (χ2v) is 5.73. The first-order chi connectivity index (χ1) is 8.88. The number of halogens is 2. The molecule has 0 heterocycles. The molecule has 0 atom stereocenters. The standard InChI is InChI=1S/C13H11F2NO2S/c1-9-3-2-4-11(7-9)19(17,18)16-13-8-10(14)5-6-12(13)15/h2-8,16H,1H3. The van der Waals surface area contributed by atoms with Gasteiger partial charge >= 0.3 is 0 Å². The molecule has 0 saturated carbocycles. The third-order valence-electron chi connectivity index (χ3n) is 2.47. The molecule has 2 rings (SSSR count). The van der Waals surface area contributed by atoms with E-state index >= 15 is 0 Å². The smallest absolute Gasteiger partial charge is 0.261 e. The molecule has 0 fully saturated rings. The molecule has 1 N–H and O–H groups in total. The summed E-state index contributed by atoms with van der Waals surface area (Å²) >= 11 is 0. The van der Waals surface area contributed by atoms with Gasteiger partial charge in [-0.3, -0.25) is 4.72 Å². The van der Waals surface area contributed by atoms with Crippen LogP contribution in [0.1, 0.15) is 5.56 Å². The first-order valence-electron chi connectivity index (χ1n) is 5.43. The van der Waals surface area contributed by atoms with Crippen molar-refractivity contribution in [3.63, 3.8) is 0 Å². The predicted octanol–water partition coefficient (Wildman–Crippen LogP) is 3.07. The molecule has 0 aliphatic rings. The summed E-state index contributed by atoms with van der Waals surface area (Å²) in [6, 6.07) is 8.71. The van der Waals surface area contributed by atoms with Crippen molar-refractivity contribution in [2.24, 2.45) is 0 Å². The molecular formula is C13H11F2NO2S. The molecule has 0 unspecified atom stereocenters. The zero-order valence-electron chi connectivity index (χ0n) is 10.0. The molecular weight excluding hydrogens is 272 g/mol. The second kappa shape index (κ2) is 4.97. The third-order valence-corrected chi connectivity index (χ3v) is 3.84.